The van der Waals surface area contributed by atoms with Gasteiger partial charge in [-0.1, -0.05) is 48.5 Å². The lowest BCUT2D eigenvalue weighted by Gasteiger charge is -2.18. The molecular formula is C23H25N5O2. The van der Waals surface area contributed by atoms with Crippen molar-refractivity contribution < 1.29 is 11.0 Å². The summed E-state index contributed by atoms with van der Waals surface area (Å²) in [6.45, 7) is 0.340. The van der Waals surface area contributed by atoms with Gasteiger partial charge in [-0.15, -0.1) is 0 Å². The minimum atomic E-state index is -0.812. The van der Waals surface area contributed by atoms with Gasteiger partial charge < -0.3 is 22.1 Å². The van der Waals surface area contributed by atoms with E-state index in [1.807, 2.05) is 42.5 Å². The normalized spacial score (nSPS) is 11.9. The van der Waals surface area contributed by atoms with Crippen molar-refractivity contribution in [1.29, 1.82) is 0 Å². The summed E-state index contributed by atoms with van der Waals surface area (Å²) in [7, 11) is 0. The van der Waals surface area contributed by atoms with Gasteiger partial charge in [0.2, 0.25) is 5.91 Å². The molecule has 0 saturated carbocycles. The number of guanidine groups is 1. The summed E-state index contributed by atoms with van der Waals surface area (Å²) in [6, 6.07) is 19.2. The summed E-state index contributed by atoms with van der Waals surface area (Å²) in [5.74, 6) is -0.855. The number of aliphatic imine (C=N–C) groups is 1. The summed E-state index contributed by atoms with van der Waals surface area (Å²) in [6.07, 6.45) is 0.832. The molecule has 0 saturated heterocycles. The molecule has 0 unspecified atom stereocenters. The highest BCUT2D eigenvalue weighted by atomic mass is 16.2. The van der Waals surface area contributed by atoms with Gasteiger partial charge in [0.15, 0.2) is 5.96 Å². The molecule has 2 amide bonds. The van der Waals surface area contributed by atoms with Crippen LogP contribution in [0.5, 0.6) is 0 Å². The molecule has 0 heterocycles. The van der Waals surface area contributed by atoms with E-state index in [-0.39, 0.29) is 23.5 Å². The first-order chi connectivity index (χ1) is 14.9. The Morgan fingerprint density at radius 3 is 2.53 bits per heavy atom. The van der Waals surface area contributed by atoms with Crippen LogP contribution in [-0.4, -0.2) is 30.4 Å². The van der Waals surface area contributed by atoms with Gasteiger partial charge in [0, 0.05) is 17.8 Å². The topological polar surface area (TPSA) is 123 Å². The zero-order valence-electron chi connectivity index (χ0n) is 17.5. The molecule has 154 valence electrons. The van der Waals surface area contributed by atoms with Gasteiger partial charge in [-0.3, -0.25) is 14.6 Å². The van der Waals surface area contributed by atoms with Gasteiger partial charge in [0.1, 0.15) is 6.04 Å². The van der Waals surface area contributed by atoms with Gasteiger partial charge in [-0.25, -0.2) is 0 Å². The van der Waals surface area contributed by atoms with Crippen molar-refractivity contribution in [3.63, 3.8) is 0 Å². The van der Waals surface area contributed by atoms with Crippen LogP contribution < -0.4 is 22.1 Å². The third-order valence-electron chi connectivity index (χ3n) is 4.54. The molecular weight excluding hydrogens is 378 g/mol. The van der Waals surface area contributed by atoms with Gasteiger partial charge in [0.05, 0.1) is 1.37 Å². The molecule has 1 atom stereocenters. The zero-order valence-corrected chi connectivity index (χ0v) is 16.5. The third kappa shape index (κ3) is 5.81. The number of fused-ring (bicyclic) bond motifs is 1. The van der Waals surface area contributed by atoms with Crippen molar-refractivity contribution in [2.75, 3.05) is 11.9 Å². The van der Waals surface area contributed by atoms with Crippen molar-refractivity contribution in [2.45, 2.75) is 18.9 Å². The molecule has 0 fully saturated rings. The van der Waals surface area contributed by atoms with E-state index in [2.05, 4.69) is 15.6 Å². The highest BCUT2D eigenvalue weighted by molar-refractivity contribution is 6.02. The molecule has 0 aliphatic rings. The van der Waals surface area contributed by atoms with Crippen LogP contribution in [0, 0.1) is 0 Å². The molecule has 7 nitrogen and oxygen atoms in total. The highest BCUT2D eigenvalue weighted by Gasteiger charge is 2.21. The predicted molar refractivity (Wildman–Crippen MR) is 120 cm³/mol. The first-order valence-corrected chi connectivity index (χ1v) is 9.65. The summed E-state index contributed by atoms with van der Waals surface area (Å²) in [4.78, 5) is 29.6. The van der Waals surface area contributed by atoms with E-state index >= 15 is 0 Å². The van der Waals surface area contributed by atoms with Gasteiger partial charge in [-0.2, -0.15) is 0 Å². The third-order valence-corrected chi connectivity index (χ3v) is 4.54. The molecule has 0 spiro atoms. The number of benzene rings is 3. The summed E-state index contributed by atoms with van der Waals surface area (Å²) in [5.41, 5.74) is 11.5. The molecule has 0 aliphatic carbocycles. The van der Waals surface area contributed by atoms with Crippen LogP contribution in [0.25, 0.3) is 10.8 Å². The van der Waals surface area contributed by atoms with Crippen LogP contribution in [-0.2, 0) is 4.79 Å². The van der Waals surface area contributed by atoms with Crippen LogP contribution in [0.3, 0.4) is 0 Å². The Labute approximate surface area is 176 Å². The number of nitrogens with zero attached hydrogens (tertiary/aromatic N) is 1. The molecule has 0 aromatic heterocycles. The first-order valence-electron chi connectivity index (χ1n) is 10.2. The number of hydrogen-bond donors (Lipinski definition) is 4. The average Bonchev–Trinajstić information content (AvgIpc) is 2.75. The number of hydrogen-bond acceptors (Lipinski definition) is 3. The van der Waals surface area contributed by atoms with E-state index in [1.165, 1.54) is 6.07 Å². The Balaban J connectivity index is 1.74. The molecule has 0 aliphatic heterocycles. The lowest BCUT2D eigenvalue weighted by atomic mass is 10.1. The predicted octanol–water partition coefficient (Wildman–Crippen LogP) is 2.63. The second-order valence-corrected chi connectivity index (χ2v) is 6.80. The molecule has 3 aromatic rings. The molecule has 6 N–H and O–H groups in total. The zero-order chi connectivity index (χ0) is 22.2. The van der Waals surface area contributed by atoms with E-state index < -0.39 is 11.9 Å². The molecule has 0 radical (unpaired) electrons. The minimum Gasteiger partial charge on any atom is -0.370 e. The smallest absolute Gasteiger partial charge is 0.251 e. The number of nitrogens with one attached hydrogen (secondary N) is 2. The maximum atomic E-state index is 13.0. The maximum Gasteiger partial charge on any atom is 0.251 e. The largest absolute Gasteiger partial charge is 0.370 e. The lowest BCUT2D eigenvalue weighted by Crippen LogP contribution is -2.44. The van der Waals surface area contributed by atoms with E-state index in [0.29, 0.717) is 25.1 Å². The van der Waals surface area contributed by atoms with E-state index in [0.717, 1.165) is 10.8 Å². The monoisotopic (exact) mass is 404 g/mol. The first kappa shape index (κ1) is 19.4. The Morgan fingerprint density at radius 1 is 1.00 bits per heavy atom. The Morgan fingerprint density at radius 2 is 1.77 bits per heavy atom. The number of anilines is 1. The molecule has 3 rings (SSSR count). The number of carbonyl (C=O) groups is 2. The van der Waals surface area contributed by atoms with Gasteiger partial charge in [0.25, 0.3) is 5.91 Å². The van der Waals surface area contributed by atoms with E-state index in [4.69, 9.17) is 12.8 Å². The van der Waals surface area contributed by atoms with Crippen molar-refractivity contribution >= 4 is 34.2 Å². The van der Waals surface area contributed by atoms with Crippen molar-refractivity contribution in [3.05, 3.63) is 78.3 Å². The van der Waals surface area contributed by atoms with Crippen molar-refractivity contribution in [2.24, 2.45) is 16.5 Å². The molecule has 0 bridgehead atoms. The number of carbonyl (C=O) groups excluding carboxylic acids is 2. The SMILES string of the molecule is [2H]c1ccccc1C(=O)N[C@@H](CCCN=C(N)N)C(=O)Nc1ccc2ccccc2c1. The Bertz CT molecular complexity index is 1110. The van der Waals surface area contributed by atoms with Crippen molar-refractivity contribution in [1.82, 2.24) is 5.32 Å². The fourth-order valence-electron chi connectivity index (χ4n) is 3.04. The number of amides is 2. The highest BCUT2D eigenvalue weighted by Crippen LogP contribution is 2.19. The minimum absolute atomic E-state index is 0.0238. The molecule has 3 aromatic carbocycles. The number of rotatable bonds is 8. The second-order valence-electron chi connectivity index (χ2n) is 6.80. The summed E-state index contributed by atoms with van der Waals surface area (Å²) < 4.78 is 7.92. The van der Waals surface area contributed by atoms with E-state index in [1.54, 1.807) is 18.2 Å². The molecule has 30 heavy (non-hydrogen) atoms. The molecule has 7 heteroatoms. The quantitative estimate of drug-likeness (QED) is 0.262. The average molecular weight is 404 g/mol. The summed E-state index contributed by atoms with van der Waals surface area (Å²) >= 11 is 0. The van der Waals surface area contributed by atoms with Crippen LogP contribution in [0.2, 0.25) is 0 Å². The summed E-state index contributed by atoms with van der Waals surface area (Å²) in [5, 5.41) is 7.67. The van der Waals surface area contributed by atoms with Gasteiger partial charge in [-0.05, 0) is 47.9 Å². The maximum absolute atomic E-state index is 13.0. The van der Waals surface area contributed by atoms with Crippen LogP contribution >= 0.6 is 0 Å². The van der Waals surface area contributed by atoms with Gasteiger partial charge >= 0.3 is 0 Å². The lowest BCUT2D eigenvalue weighted by molar-refractivity contribution is -0.118. The van der Waals surface area contributed by atoms with Crippen LogP contribution in [0.1, 0.15) is 24.6 Å². The fourth-order valence-corrected chi connectivity index (χ4v) is 3.04. The second kappa shape index (κ2) is 10.1. The Hall–Kier alpha value is -3.87. The standard InChI is InChI=1S/C23H25N5O2/c24-23(25)26-14-6-11-20(28-21(29)17-8-2-1-3-9-17)22(30)27-19-13-12-16-7-4-5-10-18(16)15-19/h1-5,7-10,12-13,15,20H,6,11,14H2,(H,27,30)(H,28,29)(H4,24,25,26)/t20-/m0/s1/i8D. The van der Waals surface area contributed by atoms with Crippen LogP contribution in [0.4, 0.5) is 5.69 Å². The van der Waals surface area contributed by atoms with Crippen LogP contribution in [0.15, 0.2) is 77.8 Å². The fraction of sp³-hybridized carbons (Fsp3) is 0.174. The number of nitrogens with two attached hydrogens (primary N) is 2. The Kier molecular flexibility index (Phi) is 6.52. The van der Waals surface area contributed by atoms with Crippen molar-refractivity contribution in [3.8, 4) is 0 Å². The van der Waals surface area contributed by atoms with E-state index in [9.17, 15) is 9.59 Å².